The molecule has 0 spiro atoms. The highest BCUT2D eigenvalue weighted by Crippen LogP contribution is 2.38. The molecule has 16 heteroatoms. The van der Waals surface area contributed by atoms with Crippen LogP contribution in [0.15, 0.2) is 41.3 Å². The topological polar surface area (TPSA) is 114 Å². The van der Waals surface area contributed by atoms with E-state index in [1.165, 1.54) is 19.2 Å². The number of hydrogen-bond acceptors (Lipinski definition) is 6. The molecule has 2 N–H and O–H groups in total. The average molecular weight is 602 g/mol. The molecule has 1 fully saturated rings. The number of hydrogen-bond donors (Lipinski definition) is 2. The normalized spacial score (nSPS) is 18.4. The third-order valence-electron chi connectivity index (χ3n) is 5.83. The maximum atomic E-state index is 13.6. The Morgan fingerprint density at radius 2 is 1.75 bits per heavy atom. The van der Waals surface area contributed by atoms with E-state index in [1.54, 1.807) is 0 Å². The summed E-state index contributed by atoms with van der Waals surface area (Å²) >= 11 is 0. The molecule has 1 saturated carbocycles. The molecule has 2 atom stereocenters. The van der Waals surface area contributed by atoms with Crippen molar-refractivity contribution in [2.75, 3.05) is 29.8 Å². The lowest BCUT2D eigenvalue weighted by molar-refractivity contribution is -0.242. The third-order valence-corrected chi connectivity index (χ3v) is 7.64. The first-order chi connectivity index (χ1) is 18.5. The molecule has 9 nitrogen and oxygen atoms in total. The summed E-state index contributed by atoms with van der Waals surface area (Å²) in [6, 6.07) is 5.80. The molecule has 0 unspecified atom stereocenters. The summed E-state index contributed by atoms with van der Waals surface area (Å²) in [5.41, 5.74) is -2.91. The van der Waals surface area contributed by atoms with Crippen molar-refractivity contribution in [1.29, 1.82) is 0 Å². The van der Waals surface area contributed by atoms with Crippen molar-refractivity contribution < 1.29 is 56.7 Å². The van der Waals surface area contributed by atoms with Crippen LogP contribution in [0.1, 0.15) is 23.1 Å². The van der Waals surface area contributed by atoms with Crippen LogP contribution in [0.25, 0.3) is 0 Å². The maximum Gasteiger partial charge on any atom is 0.427 e. The molecule has 2 aliphatic rings. The van der Waals surface area contributed by atoms with Gasteiger partial charge in [-0.05, 0) is 56.7 Å². The lowest BCUT2D eigenvalue weighted by atomic mass is 10.1. The summed E-state index contributed by atoms with van der Waals surface area (Å²) in [7, 11) is -2.83. The van der Waals surface area contributed by atoms with Gasteiger partial charge < -0.3 is 14.8 Å². The Bertz CT molecular complexity index is 1400. The highest BCUT2D eigenvalue weighted by Gasteiger charge is 2.51. The maximum absolute atomic E-state index is 13.6. The highest BCUT2D eigenvalue weighted by atomic mass is 32.2. The molecule has 0 radical (unpaired) electrons. The van der Waals surface area contributed by atoms with Crippen LogP contribution < -0.4 is 19.7 Å². The Kier molecular flexibility index (Phi) is 8.81. The van der Waals surface area contributed by atoms with E-state index in [0.717, 1.165) is 16.4 Å². The van der Waals surface area contributed by atoms with Gasteiger partial charge in [0.25, 0.3) is 10.0 Å². The van der Waals surface area contributed by atoms with Gasteiger partial charge in [-0.2, -0.15) is 13.2 Å². The van der Waals surface area contributed by atoms with E-state index in [9.17, 15) is 44.3 Å². The molecule has 1 aliphatic heterocycles. The van der Waals surface area contributed by atoms with E-state index in [1.807, 2.05) is 0 Å². The zero-order chi connectivity index (χ0) is 30.0. The quantitative estimate of drug-likeness (QED) is 0.465. The first kappa shape index (κ1) is 30.8. The van der Waals surface area contributed by atoms with Crippen LogP contribution in [0.2, 0.25) is 0 Å². The van der Waals surface area contributed by atoms with E-state index in [4.69, 9.17) is 4.74 Å². The van der Waals surface area contributed by atoms with Crippen molar-refractivity contribution in [3.05, 3.63) is 48.0 Å². The molecule has 0 aromatic heterocycles. The summed E-state index contributed by atoms with van der Waals surface area (Å²) in [4.78, 5) is 21.9. The standard InChI is InChI=1S/C19H17F5N2O5S.C5H8FNO.2H2/c1-18(2,19(22,23)24)31-17(27)25-11-3-6-16-15(9-11)26(7-8-30-16)32(28,29)12-4-5-13(20)14(21)10-12;1-7-5(8)3-2-4(3)6;;/h3-6,9-10H,7-8H2,1-2H3,(H,25,27);3-4H,2H2,1H3,(H,7,8);2*1H/t;3-,4-;;/m.0../s1. The molecule has 2 aromatic carbocycles. The summed E-state index contributed by atoms with van der Waals surface area (Å²) in [6.07, 6.45) is -6.68. The molecule has 224 valence electrons. The van der Waals surface area contributed by atoms with Crippen molar-refractivity contribution in [2.45, 2.75) is 43.1 Å². The average Bonchev–Trinajstić information content (AvgIpc) is 3.60. The van der Waals surface area contributed by atoms with Gasteiger partial charge in [0.05, 0.1) is 23.0 Å². The number of nitrogens with one attached hydrogen (secondary N) is 2. The van der Waals surface area contributed by atoms with Crippen molar-refractivity contribution in [1.82, 2.24) is 5.32 Å². The van der Waals surface area contributed by atoms with Crippen LogP contribution in [0, 0.1) is 17.6 Å². The molecule has 2 amide bonds. The molecule has 0 bridgehead atoms. The van der Waals surface area contributed by atoms with Crippen molar-refractivity contribution in [3.63, 3.8) is 0 Å². The minimum atomic E-state index is -4.82. The number of nitrogens with zero attached hydrogens (tertiary/aromatic N) is 1. The van der Waals surface area contributed by atoms with E-state index in [-0.39, 0.29) is 45.0 Å². The van der Waals surface area contributed by atoms with Crippen molar-refractivity contribution >= 4 is 33.4 Å². The molecule has 2 aromatic rings. The summed E-state index contributed by atoms with van der Waals surface area (Å²) in [6.45, 7) is 1.10. The second-order valence-corrected chi connectivity index (χ2v) is 11.0. The Morgan fingerprint density at radius 3 is 2.27 bits per heavy atom. The summed E-state index contributed by atoms with van der Waals surface area (Å²) in [5, 5.41) is 4.48. The molecule has 1 aliphatic carbocycles. The van der Waals surface area contributed by atoms with Gasteiger partial charge in [-0.15, -0.1) is 0 Å². The molecule has 4 rings (SSSR count). The number of amides is 2. The van der Waals surface area contributed by atoms with Crippen molar-refractivity contribution in [2.24, 2.45) is 5.92 Å². The number of sulfonamides is 1. The lowest BCUT2D eigenvalue weighted by Crippen LogP contribution is -2.44. The first-order valence-corrected chi connectivity index (χ1v) is 13.1. The minimum absolute atomic E-state index is 0. The van der Waals surface area contributed by atoms with E-state index < -0.39 is 50.6 Å². The molecule has 0 saturated heterocycles. The predicted molar refractivity (Wildman–Crippen MR) is 134 cm³/mol. The van der Waals surface area contributed by atoms with Gasteiger partial charge in [0, 0.05) is 15.6 Å². The number of rotatable bonds is 5. The fourth-order valence-corrected chi connectivity index (χ4v) is 4.80. The number of alkyl halides is 4. The zero-order valence-corrected chi connectivity index (χ0v) is 22.1. The fourth-order valence-electron chi connectivity index (χ4n) is 3.34. The largest absolute Gasteiger partial charge is 0.489 e. The van der Waals surface area contributed by atoms with Gasteiger partial charge in [-0.3, -0.25) is 14.4 Å². The second kappa shape index (κ2) is 11.4. The number of anilines is 2. The van der Waals surface area contributed by atoms with Gasteiger partial charge in [0.1, 0.15) is 18.5 Å². The Hall–Kier alpha value is -3.69. The Morgan fingerprint density at radius 1 is 1.10 bits per heavy atom. The van der Waals surface area contributed by atoms with Crippen LogP contribution >= 0.6 is 0 Å². The summed E-state index contributed by atoms with van der Waals surface area (Å²) < 4.78 is 114. The van der Waals surface area contributed by atoms with E-state index in [0.29, 0.717) is 32.4 Å². The van der Waals surface area contributed by atoms with Crippen LogP contribution in [-0.4, -0.2) is 58.6 Å². The molecule has 40 heavy (non-hydrogen) atoms. The number of halogens is 6. The number of benzene rings is 2. The van der Waals surface area contributed by atoms with Crippen LogP contribution in [0.4, 0.5) is 42.5 Å². The third kappa shape index (κ3) is 6.89. The predicted octanol–water partition coefficient (Wildman–Crippen LogP) is 5.02. The monoisotopic (exact) mass is 601 g/mol. The minimum Gasteiger partial charge on any atom is -0.489 e. The highest BCUT2D eigenvalue weighted by molar-refractivity contribution is 7.92. The van der Waals surface area contributed by atoms with Crippen LogP contribution in [-0.2, 0) is 19.6 Å². The number of fused-ring (bicyclic) bond motifs is 1. The van der Waals surface area contributed by atoms with Gasteiger partial charge >= 0.3 is 12.3 Å². The van der Waals surface area contributed by atoms with Gasteiger partial charge in [-0.25, -0.2) is 26.4 Å². The van der Waals surface area contributed by atoms with Crippen molar-refractivity contribution in [3.8, 4) is 5.75 Å². The van der Waals surface area contributed by atoms with Crippen LogP contribution in [0.3, 0.4) is 0 Å². The van der Waals surface area contributed by atoms with Gasteiger partial charge in [-0.1, -0.05) is 0 Å². The SMILES string of the molecule is CC(C)(OC(=O)Nc1ccc2c(c1)N(S(=O)(=O)c1ccc(F)c(F)c1)CCO2)C(F)(F)F.CNC(=O)[C@H]1C[C@@H]1F.[HH].[HH]. The smallest absolute Gasteiger partial charge is 0.427 e. The van der Waals surface area contributed by atoms with Gasteiger partial charge in [0.15, 0.2) is 11.6 Å². The molecule has 1 heterocycles. The molecular formula is C24H29F6N3O6S. The second-order valence-electron chi connectivity index (χ2n) is 9.18. The first-order valence-electron chi connectivity index (χ1n) is 11.6. The molecular weight excluding hydrogens is 572 g/mol. The zero-order valence-electron chi connectivity index (χ0n) is 21.3. The Balaban J connectivity index is 0.000000763. The van der Waals surface area contributed by atoms with E-state index >= 15 is 0 Å². The number of carbonyl (C=O) groups is 2. The van der Waals surface area contributed by atoms with E-state index in [2.05, 4.69) is 15.4 Å². The Labute approximate surface area is 228 Å². The lowest BCUT2D eigenvalue weighted by Gasteiger charge is -2.31. The number of ether oxygens (including phenoxy) is 2. The van der Waals surface area contributed by atoms with Gasteiger partial charge in [0.2, 0.25) is 11.5 Å². The summed E-state index contributed by atoms with van der Waals surface area (Å²) in [5.74, 6) is -2.99. The number of carbonyl (C=O) groups excluding carboxylic acids is 2. The van der Waals surface area contributed by atoms with Crippen LogP contribution in [0.5, 0.6) is 5.75 Å². The fraction of sp³-hybridized carbons (Fsp3) is 0.417.